The average molecular weight is 424 g/mol. The number of carbonyl (C=O) groups excluding carboxylic acids is 2. The van der Waals surface area contributed by atoms with Gasteiger partial charge in [0, 0.05) is 44.1 Å². The van der Waals surface area contributed by atoms with Gasteiger partial charge in [-0.2, -0.15) is 18.2 Å². The van der Waals surface area contributed by atoms with Crippen LogP contribution in [0.1, 0.15) is 44.2 Å². The fourth-order valence-corrected chi connectivity index (χ4v) is 4.26. The van der Waals surface area contributed by atoms with Gasteiger partial charge in [0.15, 0.2) is 5.69 Å². The molecule has 2 saturated carbocycles. The minimum atomic E-state index is -4.63. The molecule has 3 heterocycles. The number of hydrogen-bond donors (Lipinski definition) is 2. The van der Waals surface area contributed by atoms with Gasteiger partial charge in [-0.3, -0.25) is 9.59 Å². The zero-order chi connectivity index (χ0) is 21.0. The summed E-state index contributed by atoms with van der Waals surface area (Å²) < 4.78 is 40.1. The molecule has 0 spiro atoms. The maximum Gasteiger partial charge on any atom is 0.433 e. The van der Waals surface area contributed by atoms with Crippen LogP contribution >= 0.6 is 0 Å². The van der Waals surface area contributed by atoms with Gasteiger partial charge in [-0.05, 0) is 25.7 Å². The highest BCUT2D eigenvalue weighted by Crippen LogP contribution is 2.34. The van der Waals surface area contributed by atoms with Crippen molar-refractivity contribution in [3.8, 4) is 0 Å². The fraction of sp³-hybridized carbons (Fsp3) is 0.684. The molecule has 2 saturated heterocycles. The molecule has 162 valence electrons. The molecule has 2 aliphatic carbocycles. The van der Waals surface area contributed by atoms with Gasteiger partial charge in [0.1, 0.15) is 5.82 Å². The molecule has 2 atom stereocenters. The zero-order valence-electron chi connectivity index (χ0n) is 16.3. The molecular weight excluding hydrogens is 401 g/mol. The molecule has 2 unspecified atom stereocenters. The van der Waals surface area contributed by atoms with Crippen LogP contribution in [-0.4, -0.2) is 68.8 Å². The highest BCUT2D eigenvalue weighted by molar-refractivity contribution is 5.81. The van der Waals surface area contributed by atoms with Crippen molar-refractivity contribution < 1.29 is 22.8 Å². The normalized spacial score (nSPS) is 27.2. The summed E-state index contributed by atoms with van der Waals surface area (Å²) in [5.74, 6) is -0.113. The van der Waals surface area contributed by atoms with Crippen LogP contribution in [0.15, 0.2) is 6.07 Å². The molecule has 30 heavy (non-hydrogen) atoms. The number of nitrogens with zero attached hydrogens (tertiary/aromatic N) is 4. The molecule has 2 amide bonds. The van der Waals surface area contributed by atoms with Crippen molar-refractivity contribution in [1.82, 2.24) is 19.8 Å². The molecule has 5 rings (SSSR count). The Bertz CT molecular complexity index is 810. The van der Waals surface area contributed by atoms with Crippen molar-refractivity contribution in [1.29, 1.82) is 0 Å². The summed E-state index contributed by atoms with van der Waals surface area (Å²) in [7, 11) is 0. The molecule has 4 aliphatic rings. The maximum absolute atomic E-state index is 13.4. The van der Waals surface area contributed by atoms with Gasteiger partial charge >= 0.3 is 6.18 Å². The van der Waals surface area contributed by atoms with Crippen LogP contribution in [0.3, 0.4) is 0 Å². The van der Waals surface area contributed by atoms with Crippen molar-refractivity contribution in [2.24, 2.45) is 0 Å². The Balaban J connectivity index is 1.31. The molecule has 0 aromatic carbocycles. The summed E-state index contributed by atoms with van der Waals surface area (Å²) in [5, 5.41) is 5.88. The van der Waals surface area contributed by atoms with Crippen LogP contribution in [0.5, 0.6) is 0 Å². The lowest BCUT2D eigenvalue weighted by Gasteiger charge is -2.19. The Morgan fingerprint density at radius 1 is 0.867 bits per heavy atom. The second-order valence-corrected chi connectivity index (χ2v) is 8.61. The second-order valence-electron chi connectivity index (χ2n) is 8.61. The molecule has 1 aromatic rings. The van der Waals surface area contributed by atoms with Gasteiger partial charge in [0.2, 0.25) is 17.8 Å². The average Bonchev–Trinajstić information content (AvgIpc) is 3.58. The number of aromatic nitrogens is 2. The van der Waals surface area contributed by atoms with E-state index in [4.69, 9.17) is 0 Å². The number of likely N-dealkylation sites (tertiary alicyclic amines) is 2. The Morgan fingerprint density at radius 3 is 1.90 bits per heavy atom. The largest absolute Gasteiger partial charge is 0.433 e. The molecule has 11 heteroatoms. The van der Waals surface area contributed by atoms with E-state index >= 15 is 0 Å². The van der Waals surface area contributed by atoms with E-state index in [1.54, 1.807) is 9.80 Å². The first-order valence-electron chi connectivity index (χ1n) is 10.3. The SMILES string of the molecule is O=C1CC(Nc2cc(C(F)(F)F)nc(NC3CC(=O)N(C4CC4)C3)n2)CN1C1CC1. The van der Waals surface area contributed by atoms with Gasteiger partial charge in [-0.25, -0.2) is 4.98 Å². The van der Waals surface area contributed by atoms with E-state index in [0.29, 0.717) is 13.1 Å². The fourth-order valence-electron chi connectivity index (χ4n) is 4.26. The summed E-state index contributed by atoms with van der Waals surface area (Å²) in [5.41, 5.74) is -1.06. The van der Waals surface area contributed by atoms with Crippen LogP contribution in [-0.2, 0) is 15.8 Å². The standard InChI is InChI=1S/C19H23F3N6O2/c20-19(21,22)14-7-15(23-10-5-16(29)27(8-10)12-1-2-12)26-18(25-14)24-11-6-17(30)28(9-11)13-3-4-13/h7,10-13H,1-6,8-9H2,(H2,23,24,25,26). The molecule has 1 aromatic heterocycles. The predicted molar refractivity (Wildman–Crippen MR) is 101 cm³/mol. The second kappa shape index (κ2) is 6.98. The van der Waals surface area contributed by atoms with E-state index in [0.717, 1.165) is 31.7 Å². The molecule has 0 radical (unpaired) electrons. The number of anilines is 2. The van der Waals surface area contributed by atoms with E-state index in [-0.39, 0.29) is 60.6 Å². The van der Waals surface area contributed by atoms with Gasteiger partial charge in [0.25, 0.3) is 0 Å². The van der Waals surface area contributed by atoms with Crippen molar-refractivity contribution in [3.05, 3.63) is 11.8 Å². The third kappa shape index (κ3) is 4.01. The van der Waals surface area contributed by atoms with Crippen LogP contribution in [0.2, 0.25) is 0 Å². The smallest absolute Gasteiger partial charge is 0.365 e. The lowest BCUT2D eigenvalue weighted by molar-refractivity contribution is -0.141. The van der Waals surface area contributed by atoms with Crippen LogP contribution in [0.4, 0.5) is 24.9 Å². The molecule has 4 fully saturated rings. The Morgan fingerprint density at radius 2 is 1.40 bits per heavy atom. The van der Waals surface area contributed by atoms with Gasteiger partial charge in [0.05, 0.1) is 12.1 Å². The van der Waals surface area contributed by atoms with Gasteiger partial charge in [-0.1, -0.05) is 0 Å². The van der Waals surface area contributed by atoms with Crippen LogP contribution < -0.4 is 10.6 Å². The van der Waals surface area contributed by atoms with E-state index in [1.165, 1.54) is 0 Å². The molecular formula is C19H23F3N6O2. The van der Waals surface area contributed by atoms with Crippen molar-refractivity contribution in [2.75, 3.05) is 23.7 Å². The highest BCUT2D eigenvalue weighted by atomic mass is 19.4. The Hall–Kier alpha value is -2.59. The summed E-state index contributed by atoms with van der Waals surface area (Å²) in [6.45, 7) is 0.907. The Kier molecular flexibility index (Phi) is 4.51. The third-order valence-corrected chi connectivity index (χ3v) is 5.99. The van der Waals surface area contributed by atoms with Crippen LogP contribution in [0, 0.1) is 0 Å². The number of nitrogens with one attached hydrogen (secondary N) is 2. The lowest BCUT2D eigenvalue weighted by atomic mass is 10.2. The third-order valence-electron chi connectivity index (χ3n) is 5.99. The predicted octanol–water partition coefficient (Wildman–Crippen LogP) is 1.85. The number of halogens is 3. The molecule has 0 bridgehead atoms. The zero-order valence-corrected chi connectivity index (χ0v) is 16.3. The lowest BCUT2D eigenvalue weighted by Crippen LogP contribution is -2.31. The molecule has 8 nitrogen and oxygen atoms in total. The monoisotopic (exact) mass is 424 g/mol. The number of alkyl halides is 3. The van der Waals surface area contributed by atoms with E-state index in [2.05, 4.69) is 20.6 Å². The first kappa shape index (κ1) is 19.4. The first-order chi connectivity index (χ1) is 14.3. The quantitative estimate of drug-likeness (QED) is 0.725. The van der Waals surface area contributed by atoms with Gasteiger partial charge < -0.3 is 20.4 Å². The van der Waals surface area contributed by atoms with Crippen LogP contribution in [0.25, 0.3) is 0 Å². The van der Waals surface area contributed by atoms with E-state index < -0.39 is 11.9 Å². The minimum absolute atomic E-state index is 0.00459. The summed E-state index contributed by atoms with van der Waals surface area (Å²) in [6, 6.07) is 0.782. The number of rotatable bonds is 6. The summed E-state index contributed by atoms with van der Waals surface area (Å²) in [4.78, 5) is 35.6. The van der Waals surface area contributed by atoms with E-state index in [1.807, 2.05) is 0 Å². The first-order valence-corrected chi connectivity index (χ1v) is 10.3. The molecule has 2 N–H and O–H groups in total. The van der Waals surface area contributed by atoms with Gasteiger partial charge in [-0.15, -0.1) is 0 Å². The number of hydrogen-bond acceptors (Lipinski definition) is 6. The number of carbonyl (C=O) groups is 2. The molecule has 2 aliphatic heterocycles. The van der Waals surface area contributed by atoms with Crippen molar-refractivity contribution >= 4 is 23.6 Å². The van der Waals surface area contributed by atoms with Crippen molar-refractivity contribution in [3.63, 3.8) is 0 Å². The maximum atomic E-state index is 13.4. The minimum Gasteiger partial charge on any atom is -0.365 e. The summed E-state index contributed by atoms with van der Waals surface area (Å²) in [6.07, 6.45) is -0.265. The highest BCUT2D eigenvalue weighted by Gasteiger charge is 2.41. The topological polar surface area (TPSA) is 90.5 Å². The Labute approximate surface area is 171 Å². The summed E-state index contributed by atoms with van der Waals surface area (Å²) >= 11 is 0. The van der Waals surface area contributed by atoms with Crippen molar-refractivity contribution in [2.45, 2.75) is 68.9 Å². The number of amides is 2. The van der Waals surface area contributed by atoms with E-state index in [9.17, 15) is 22.8 Å².